The van der Waals surface area contributed by atoms with Gasteiger partial charge in [0.2, 0.25) is 0 Å². The normalized spacial score (nSPS) is 11.4. The van der Waals surface area contributed by atoms with E-state index >= 15 is 0 Å². The number of hydrogen-bond donors (Lipinski definition) is 1. The molecule has 0 aliphatic carbocycles. The molecular formula is C20H17ClN2. The van der Waals surface area contributed by atoms with E-state index in [0.29, 0.717) is 5.84 Å². The van der Waals surface area contributed by atoms with Crippen LogP contribution in [0.4, 0.5) is 5.69 Å². The van der Waals surface area contributed by atoms with Crippen LogP contribution in [0.2, 0.25) is 0 Å². The molecule has 0 bridgehead atoms. The molecule has 0 aromatic heterocycles. The summed E-state index contributed by atoms with van der Waals surface area (Å²) in [5, 5.41) is 0. The maximum Gasteiger partial charge on any atom is 0.115 e. The molecule has 2 nitrogen and oxygen atoms in total. The first-order chi connectivity index (χ1) is 11.3. The molecule has 0 radical (unpaired) electrons. The number of rotatable bonds is 4. The fourth-order valence-electron chi connectivity index (χ4n) is 2.41. The number of nitrogens with two attached hydrogens (primary N) is 1. The predicted molar refractivity (Wildman–Crippen MR) is 99.3 cm³/mol. The lowest BCUT2D eigenvalue weighted by Crippen LogP contribution is -2.12. The van der Waals surface area contributed by atoms with Crippen LogP contribution in [0.15, 0.2) is 83.9 Å². The van der Waals surface area contributed by atoms with Crippen LogP contribution in [0.3, 0.4) is 0 Å². The van der Waals surface area contributed by atoms with Gasteiger partial charge in [0, 0.05) is 0 Å². The molecule has 23 heavy (non-hydrogen) atoms. The van der Waals surface area contributed by atoms with E-state index < -0.39 is 0 Å². The average Bonchev–Trinajstić information content (AvgIpc) is 2.63. The summed E-state index contributed by atoms with van der Waals surface area (Å²) in [4.78, 5) is 4.23. The third-order valence-electron chi connectivity index (χ3n) is 3.60. The molecule has 0 amide bonds. The Morgan fingerprint density at radius 3 is 1.61 bits per heavy atom. The second kappa shape index (κ2) is 7.12. The van der Waals surface area contributed by atoms with Gasteiger partial charge in [-0.15, -0.1) is 11.6 Å². The van der Waals surface area contributed by atoms with Crippen molar-refractivity contribution in [2.45, 2.75) is 0 Å². The second-order valence-corrected chi connectivity index (χ2v) is 5.49. The van der Waals surface area contributed by atoms with Crippen molar-refractivity contribution in [1.82, 2.24) is 0 Å². The van der Waals surface area contributed by atoms with E-state index in [9.17, 15) is 0 Å². The van der Waals surface area contributed by atoms with E-state index in [2.05, 4.69) is 53.5 Å². The highest BCUT2D eigenvalue weighted by Crippen LogP contribution is 2.26. The van der Waals surface area contributed by atoms with Gasteiger partial charge in [0.05, 0.1) is 11.6 Å². The Labute approximate surface area is 141 Å². The first kappa shape index (κ1) is 15.3. The summed E-state index contributed by atoms with van der Waals surface area (Å²) in [6.07, 6.45) is 0. The Kier molecular flexibility index (Phi) is 4.74. The quantitative estimate of drug-likeness (QED) is 0.398. The predicted octanol–water partition coefficient (Wildman–Crippen LogP) is 5.25. The van der Waals surface area contributed by atoms with Crippen LogP contribution in [0.5, 0.6) is 0 Å². The molecule has 0 atom stereocenters. The van der Waals surface area contributed by atoms with Gasteiger partial charge in [0.1, 0.15) is 5.84 Å². The van der Waals surface area contributed by atoms with Crippen molar-refractivity contribution in [3.8, 4) is 22.3 Å². The van der Waals surface area contributed by atoms with Crippen LogP contribution in [-0.2, 0) is 0 Å². The highest BCUT2D eigenvalue weighted by molar-refractivity contribution is 6.28. The van der Waals surface area contributed by atoms with Crippen molar-refractivity contribution in [3.05, 3.63) is 78.9 Å². The van der Waals surface area contributed by atoms with Gasteiger partial charge in [-0.3, -0.25) is 0 Å². The first-order valence-electron chi connectivity index (χ1n) is 7.41. The number of nitrogens with zero attached hydrogens (tertiary/aromatic N) is 1. The Hall–Kier alpha value is -2.58. The molecule has 0 spiro atoms. The smallest absolute Gasteiger partial charge is 0.115 e. The zero-order valence-corrected chi connectivity index (χ0v) is 13.4. The minimum Gasteiger partial charge on any atom is -0.386 e. The minimum absolute atomic E-state index is 0.239. The van der Waals surface area contributed by atoms with E-state index in [0.717, 1.165) is 11.3 Å². The van der Waals surface area contributed by atoms with Crippen molar-refractivity contribution in [2.75, 3.05) is 5.88 Å². The van der Waals surface area contributed by atoms with Crippen molar-refractivity contribution in [2.24, 2.45) is 10.7 Å². The molecule has 0 fully saturated rings. The number of alkyl halides is 1. The van der Waals surface area contributed by atoms with Gasteiger partial charge in [-0.2, -0.15) is 0 Å². The zero-order valence-electron chi connectivity index (χ0n) is 12.6. The van der Waals surface area contributed by atoms with Crippen LogP contribution in [-0.4, -0.2) is 11.7 Å². The number of aliphatic imine (C=N–C) groups is 1. The summed E-state index contributed by atoms with van der Waals surface area (Å²) in [7, 11) is 0. The van der Waals surface area contributed by atoms with Gasteiger partial charge in [-0.05, 0) is 34.4 Å². The molecule has 3 heteroatoms. The standard InChI is InChI=1S/C20H17ClN2/c21-14-20(22)23-19-12-10-18(11-13-19)17-8-6-16(7-9-17)15-4-2-1-3-5-15/h1-13H,14H2,(H2,22,23). The summed E-state index contributed by atoms with van der Waals surface area (Å²) < 4.78 is 0. The molecule has 0 unspecified atom stereocenters. The summed E-state index contributed by atoms with van der Waals surface area (Å²) >= 11 is 5.64. The van der Waals surface area contributed by atoms with Gasteiger partial charge < -0.3 is 5.73 Å². The summed E-state index contributed by atoms with van der Waals surface area (Å²) in [6.45, 7) is 0. The molecule has 3 aromatic rings. The van der Waals surface area contributed by atoms with Crippen molar-refractivity contribution >= 4 is 23.1 Å². The van der Waals surface area contributed by atoms with Gasteiger partial charge >= 0.3 is 0 Å². The summed E-state index contributed by atoms with van der Waals surface area (Å²) in [5.74, 6) is 0.662. The highest BCUT2D eigenvalue weighted by Gasteiger charge is 2.00. The number of benzene rings is 3. The highest BCUT2D eigenvalue weighted by atomic mass is 35.5. The van der Waals surface area contributed by atoms with E-state index in [1.54, 1.807) is 0 Å². The summed E-state index contributed by atoms with van der Waals surface area (Å²) in [6, 6.07) is 26.9. The van der Waals surface area contributed by atoms with Crippen molar-refractivity contribution in [3.63, 3.8) is 0 Å². The molecule has 3 aromatic carbocycles. The van der Waals surface area contributed by atoms with E-state index in [-0.39, 0.29) is 5.88 Å². The molecule has 0 heterocycles. The molecule has 0 saturated carbocycles. The van der Waals surface area contributed by atoms with Crippen molar-refractivity contribution < 1.29 is 0 Å². The number of hydrogen-bond acceptors (Lipinski definition) is 1. The van der Waals surface area contributed by atoms with Gasteiger partial charge in [0.15, 0.2) is 0 Å². The van der Waals surface area contributed by atoms with Crippen molar-refractivity contribution in [1.29, 1.82) is 0 Å². The third-order valence-corrected chi connectivity index (χ3v) is 3.88. The van der Waals surface area contributed by atoms with Gasteiger partial charge in [-0.25, -0.2) is 4.99 Å². The largest absolute Gasteiger partial charge is 0.386 e. The Morgan fingerprint density at radius 1 is 0.696 bits per heavy atom. The lowest BCUT2D eigenvalue weighted by molar-refractivity contribution is 1.45. The first-order valence-corrected chi connectivity index (χ1v) is 7.94. The molecule has 0 aliphatic rings. The van der Waals surface area contributed by atoms with E-state index in [1.807, 2.05) is 30.3 Å². The number of halogens is 1. The van der Waals surface area contributed by atoms with E-state index in [1.165, 1.54) is 16.7 Å². The van der Waals surface area contributed by atoms with Crippen LogP contribution >= 0.6 is 11.6 Å². The lowest BCUT2D eigenvalue weighted by Gasteiger charge is -2.05. The molecule has 0 saturated heterocycles. The maximum atomic E-state index is 5.64. The molecule has 114 valence electrons. The Bertz CT molecular complexity index is 791. The topological polar surface area (TPSA) is 38.4 Å². The average molecular weight is 321 g/mol. The Morgan fingerprint density at radius 2 is 1.13 bits per heavy atom. The summed E-state index contributed by atoms with van der Waals surface area (Å²) in [5.41, 5.74) is 11.2. The van der Waals surface area contributed by atoms with Gasteiger partial charge in [0.25, 0.3) is 0 Å². The van der Waals surface area contributed by atoms with E-state index in [4.69, 9.17) is 17.3 Å². The van der Waals surface area contributed by atoms with Crippen LogP contribution in [0, 0.1) is 0 Å². The SMILES string of the molecule is NC(CCl)=Nc1ccc(-c2ccc(-c3ccccc3)cc2)cc1. The zero-order chi connectivity index (χ0) is 16.1. The second-order valence-electron chi connectivity index (χ2n) is 5.23. The molecular weight excluding hydrogens is 304 g/mol. The monoisotopic (exact) mass is 320 g/mol. The van der Waals surface area contributed by atoms with Crippen LogP contribution in [0.1, 0.15) is 0 Å². The molecule has 3 rings (SSSR count). The fourth-order valence-corrected chi connectivity index (χ4v) is 2.47. The lowest BCUT2D eigenvalue weighted by atomic mass is 10.0. The maximum absolute atomic E-state index is 5.64. The fraction of sp³-hybridized carbons (Fsp3) is 0.0500. The minimum atomic E-state index is 0.239. The molecule has 0 aliphatic heterocycles. The van der Waals surface area contributed by atoms with Gasteiger partial charge in [-0.1, -0.05) is 66.7 Å². The Balaban J connectivity index is 1.82. The third kappa shape index (κ3) is 3.79. The van der Waals surface area contributed by atoms with Crippen LogP contribution in [0.25, 0.3) is 22.3 Å². The number of amidine groups is 1. The van der Waals surface area contributed by atoms with Crippen LogP contribution < -0.4 is 5.73 Å². The molecule has 2 N–H and O–H groups in total.